The number of nitrogens with zero attached hydrogens (tertiary/aromatic N) is 2. The van der Waals surface area contributed by atoms with E-state index >= 15 is 0 Å². The summed E-state index contributed by atoms with van der Waals surface area (Å²) in [4.78, 5) is 18.2. The molecular weight excluding hydrogens is 312 g/mol. The highest BCUT2D eigenvalue weighted by atomic mass is 16.3. The molecule has 4 nitrogen and oxygen atoms in total. The first kappa shape index (κ1) is 17.4. The Morgan fingerprint density at radius 3 is 2.64 bits per heavy atom. The SMILES string of the molecule is Cc1cc(/C=C/C(=O)CO)ccc1-c1ccc(N2CCCCC2)nc1. The number of aromatic nitrogens is 1. The number of anilines is 1. The van der Waals surface area contributed by atoms with Crippen LogP contribution in [-0.2, 0) is 4.79 Å². The first-order valence-corrected chi connectivity index (χ1v) is 8.81. The van der Waals surface area contributed by atoms with E-state index in [1.807, 2.05) is 18.3 Å². The van der Waals surface area contributed by atoms with Crippen LogP contribution in [-0.4, -0.2) is 35.6 Å². The van der Waals surface area contributed by atoms with Gasteiger partial charge in [-0.05, 0) is 61.1 Å². The number of piperidine rings is 1. The standard InChI is InChI=1S/C21H24N2O2/c1-16-13-17(5-8-19(25)15-24)6-9-20(16)18-7-10-21(22-14-18)23-11-3-2-4-12-23/h5-10,13-14,24H,2-4,11-12,15H2,1H3/b8-5+. The lowest BCUT2D eigenvalue weighted by molar-refractivity contribution is -0.117. The number of aliphatic hydroxyl groups is 1. The Labute approximate surface area is 148 Å². The van der Waals surface area contributed by atoms with Gasteiger partial charge in [-0.2, -0.15) is 0 Å². The van der Waals surface area contributed by atoms with E-state index < -0.39 is 6.61 Å². The van der Waals surface area contributed by atoms with E-state index in [9.17, 15) is 4.79 Å². The fraction of sp³-hybridized carbons (Fsp3) is 0.333. The molecule has 0 bridgehead atoms. The largest absolute Gasteiger partial charge is 0.388 e. The minimum Gasteiger partial charge on any atom is -0.388 e. The summed E-state index contributed by atoms with van der Waals surface area (Å²) in [6, 6.07) is 10.3. The third-order valence-electron chi connectivity index (χ3n) is 4.61. The van der Waals surface area contributed by atoms with Gasteiger partial charge in [-0.25, -0.2) is 4.98 Å². The molecule has 0 spiro atoms. The van der Waals surface area contributed by atoms with Gasteiger partial charge in [0.25, 0.3) is 0 Å². The molecule has 0 atom stereocenters. The monoisotopic (exact) mass is 336 g/mol. The summed E-state index contributed by atoms with van der Waals surface area (Å²) in [5.41, 5.74) is 4.32. The van der Waals surface area contributed by atoms with E-state index in [0.717, 1.165) is 41.2 Å². The summed E-state index contributed by atoms with van der Waals surface area (Å²) in [6.07, 6.45) is 8.89. The number of aryl methyl sites for hydroxylation is 1. The molecule has 2 aromatic rings. The summed E-state index contributed by atoms with van der Waals surface area (Å²) in [7, 11) is 0. The molecule has 2 heterocycles. The Kier molecular flexibility index (Phi) is 5.61. The van der Waals surface area contributed by atoms with Crippen molar-refractivity contribution >= 4 is 17.7 Å². The number of hydrogen-bond donors (Lipinski definition) is 1. The lowest BCUT2D eigenvalue weighted by atomic mass is 9.99. The van der Waals surface area contributed by atoms with E-state index in [0.29, 0.717) is 0 Å². The maximum atomic E-state index is 11.2. The number of carbonyl (C=O) groups excluding carboxylic acids is 1. The van der Waals surface area contributed by atoms with Crippen LogP contribution in [0.15, 0.2) is 42.6 Å². The second-order valence-corrected chi connectivity index (χ2v) is 6.48. The van der Waals surface area contributed by atoms with E-state index in [1.54, 1.807) is 6.08 Å². The van der Waals surface area contributed by atoms with Crippen molar-refractivity contribution in [1.82, 2.24) is 4.98 Å². The lowest BCUT2D eigenvalue weighted by Gasteiger charge is -2.27. The molecule has 0 amide bonds. The molecule has 25 heavy (non-hydrogen) atoms. The van der Waals surface area contributed by atoms with E-state index in [-0.39, 0.29) is 5.78 Å². The van der Waals surface area contributed by atoms with Crippen LogP contribution in [0.5, 0.6) is 0 Å². The van der Waals surface area contributed by atoms with Gasteiger partial charge < -0.3 is 10.0 Å². The fourth-order valence-corrected chi connectivity index (χ4v) is 3.21. The highest BCUT2D eigenvalue weighted by Gasteiger charge is 2.12. The quantitative estimate of drug-likeness (QED) is 0.847. The number of ketones is 1. The van der Waals surface area contributed by atoms with Crippen molar-refractivity contribution in [3.63, 3.8) is 0 Å². The van der Waals surface area contributed by atoms with Gasteiger partial charge in [-0.1, -0.05) is 24.3 Å². The second kappa shape index (κ2) is 8.08. The van der Waals surface area contributed by atoms with Crippen molar-refractivity contribution in [3.8, 4) is 11.1 Å². The lowest BCUT2D eigenvalue weighted by Crippen LogP contribution is -2.29. The first-order valence-electron chi connectivity index (χ1n) is 8.81. The zero-order valence-corrected chi connectivity index (χ0v) is 14.6. The number of carbonyl (C=O) groups is 1. The van der Waals surface area contributed by atoms with Gasteiger partial charge in [0.1, 0.15) is 12.4 Å². The van der Waals surface area contributed by atoms with Crippen molar-refractivity contribution in [3.05, 3.63) is 53.7 Å². The van der Waals surface area contributed by atoms with Crippen molar-refractivity contribution in [2.75, 3.05) is 24.6 Å². The normalized spacial score (nSPS) is 14.9. The molecule has 130 valence electrons. The van der Waals surface area contributed by atoms with Crippen LogP contribution in [0.2, 0.25) is 0 Å². The molecule has 1 aliphatic rings. The Balaban J connectivity index is 1.77. The smallest absolute Gasteiger partial charge is 0.181 e. The van der Waals surface area contributed by atoms with Crippen LogP contribution >= 0.6 is 0 Å². The summed E-state index contributed by atoms with van der Waals surface area (Å²) in [6.45, 7) is 3.79. The van der Waals surface area contributed by atoms with Gasteiger partial charge in [0.05, 0.1) is 0 Å². The summed E-state index contributed by atoms with van der Waals surface area (Å²) >= 11 is 0. The molecule has 1 aromatic carbocycles. The number of benzene rings is 1. The van der Waals surface area contributed by atoms with Crippen LogP contribution in [0, 0.1) is 6.92 Å². The average molecular weight is 336 g/mol. The van der Waals surface area contributed by atoms with Crippen LogP contribution in [0.4, 0.5) is 5.82 Å². The maximum absolute atomic E-state index is 11.2. The van der Waals surface area contributed by atoms with Crippen molar-refractivity contribution in [1.29, 1.82) is 0 Å². The predicted octanol–water partition coefficient (Wildman–Crippen LogP) is 3.62. The molecule has 4 heteroatoms. The van der Waals surface area contributed by atoms with Crippen LogP contribution < -0.4 is 4.90 Å². The Hall–Kier alpha value is -2.46. The summed E-state index contributed by atoms with van der Waals surface area (Å²) in [5.74, 6) is 0.766. The Morgan fingerprint density at radius 2 is 2.00 bits per heavy atom. The van der Waals surface area contributed by atoms with Gasteiger partial charge in [0.2, 0.25) is 0 Å². The van der Waals surface area contributed by atoms with Gasteiger partial charge in [-0.3, -0.25) is 4.79 Å². The van der Waals surface area contributed by atoms with E-state index in [2.05, 4.69) is 35.0 Å². The highest BCUT2D eigenvalue weighted by molar-refractivity contribution is 5.94. The molecule has 3 rings (SSSR count). The Bertz CT molecular complexity index is 760. The average Bonchev–Trinajstić information content (AvgIpc) is 2.67. The fourth-order valence-electron chi connectivity index (χ4n) is 3.21. The van der Waals surface area contributed by atoms with Gasteiger partial charge in [0.15, 0.2) is 5.78 Å². The zero-order chi connectivity index (χ0) is 17.6. The molecule has 0 saturated carbocycles. The van der Waals surface area contributed by atoms with E-state index in [1.165, 1.54) is 25.3 Å². The van der Waals surface area contributed by atoms with Crippen molar-refractivity contribution in [2.45, 2.75) is 26.2 Å². The van der Waals surface area contributed by atoms with Gasteiger partial charge in [0, 0.05) is 24.8 Å². The van der Waals surface area contributed by atoms with Crippen molar-refractivity contribution < 1.29 is 9.90 Å². The van der Waals surface area contributed by atoms with Crippen LogP contribution in [0.1, 0.15) is 30.4 Å². The molecular formula is C21H24N2O2. The van der Waals surface area contributed by atoms with Gasteiger partial charge >= 0.3 is 0 Å². The summed E-state index contributed by atoms with van der Waals surface area (Å²) in [5, 5.41) is 8.77. The zero-order valence-electron chi connectivity index (χ0n) is 14.6. The molecule has 1 aromatic heterocycles. The number of pyridine rings is 1. The summed E-state index contributed by atoms with van der Waals surface area (Å²) < 4.78 is 0. The molecule has 1 fully saturated rings. The highest BCUT2D eigenvalue weighted by Crippen LogP contribution is 2.26. The van der Waals surface area contributed by atoms with Crippen molar-refractivity contribution in [2.24, 2.45) is 0 Å². The Morgan fingerprint density at radius 1 is 1.20 bits per heavy atom. The van der Waals surface area contributed by atoms with Crippen LogP contribution in [0.25, 0.3) is 17.2 Å². The van der Waals surface area contributed by atoms with Crippen LogP contribution in [0.3, 0.4) is 0 Å². The minimum absolute atomic E-state index is 0.292. The number of aliphatic hydroxyl groups excluding tert-OH is 1. The third kappa shape index (κ3) is 4.34. The predicted molar refractivity (Wildman–Crippen MR) is 102 cm³/mol. The topological polar surface area (TPSA) is 53.4 Å². The van der Waals surface area contributed by atoms with E-state index in [4.69, 9.17) is 5.11 Å². The van der Waals surface area contributed by atoms with Gasteiger partial charge in [-0.15, -0.1) is 0 Å². The minimum atomic E-state index is -0.456. The second-order valence-electron chi connectivity index (χ2n) is 6.48. The third-order valence-corrected chi connectivity index (χ3v) is 4.61. The molecule has 1 N–H and O–H groups in total. The molecule has 1 aliphatic heterocycles. The number of hydrogen-bond acceptors (Lipinski definition) is 4. The maximum Gasteiger partial charge on any atom is 0.181 e. The molecule has 0 unspecified atom stereocenters. The molecule has 1 saturated heterocycles. The first-order chi connectivity index (χ1) is 12.2. The molecule has 0 aliphatic carbocycles. The molecule has 0 radical (unpaired) electrons. The number of rotatable bonds is 5.